The zero-order valence-corrected chi connectivity index (χ0v) is 14.0. The molecule has 1 fully saturated rings. The Morgan fingerprint density at radius 1 is 1.15 bits per heavy atom. The minimum Gasteiger partial charge on any atom is -0.426 e. The molecular formula is C16H17F6N3O2. The molecule has 2 rings (SSSR count). The van der Waals surface area contributed by atoms with Crippen molar-refractivity contribution >= 4 is 6.09 Å². The van der Waals surface area contributed by atoms with Crippen LogP contribution in [0, 0.1) is 0 Å². The van der Waals surface area contributed by atoms with Crippen LogP contribution in [0.5, 0.6) is 0 Å². The fourth-order valence-corrected chi connectivity index (χ4v) is 2.72. The van der Waals surface area contributed by atoms with E-state index in [4.69, 9.17) is 0 Å². The topological polar surface area (TPSA) is 45.7 Å². The summed E-state index contributed by atoms with van der Waals surface area (Å²) in [5.74, 6) is 0. The Morgan fingerprint density at radius 2 is 1.74 bits per heavy atom. The van der Waals surface area contributed by atoms with Crippen LogP contribution < -0.4 is 0 Å². The van der Waals surface area contributed by atoms with Gasteiger partial charge in [-0.15, -0.1) is 6.58 Å². The molecular weight excluding hydrogens is 380 g/mol. The van der Waals surface area contributed by atoms with Crippen molar-refractivity contribution in [2.24, 2.45) is 0 Å². The van der Waals surface area contributed by atoms with E-state index in [9.17, 15) is 31.1 Å². The molecule has 0 aromatic carbocycles. The van der Waals surface area contributed by atoms with Crippen LogP contribution in [0.25, 0.3) is 0 Å². The number of aromatic nitrogens is 1. The number of hydrogen-bond acceptors (Lipinski definition) is 4. The summed E-state index contributed by atoms with van der Waals surface area (Å²) < 4.78 is 78.7. The van der Waals surface area contributed by atoms with E-state index < -0.39 is 24.5 Å². The third-order valence-corrected chi connectivity index (χ3v) is 4.03. The van der Waals surface area contributed by atoms with Crippen LogP contribution in [0.15, 0.2) is 37.2 Å². The van der Waals surface area contributed by atoms with Gasteiger partial charge in [0.2, 0.25) is 0 Å². The van der Waals surface area contributed by atoms with E-state index in [1.54, 1.807) is 24.5 Å². The number of amides is 1. The van der Waals surface area contributed by atoms with E-state index in [1.807, 2.05) is 11.0 Å². The average molecular weight is 397 g/mol. The molecule has 1 unspecified atom stereocenters. The minimum absolute atomic E-state index is 0.0775. The molecule has 0 N–H and O–H groups in total. The number of carbonyl (C=O) groups excluding carboxylic acids is 1. The molecule has 11 heteroatoms. The summed E-state index contributed by atoms with van der Waals surface area (Å²) in [6.45, 7) is 4.03. The van der Waals surface area contributed by atoms with Gasteiger partial charge in [0, 0.05) is 38.6 Å². The van der Waals surface area contributed by atoms with Gasteiger partial charge in [-0.2, -0.15) is 26.3 Å². The lowest BCUT2D eigenvalue weighted by Crippen LogP contribution is -2.53. The highest BCUT2D eigenvalue weighted by Gasteiger charge is 2.60. The average Bonchev–Trinajstić information content (AvgIpc) is 2.59. The van der Waals surface area contributed by atoms with Crippen molar-refractivity contribution in [3.05, 3.63) is 42.7 Å². The fourth-order valence-electron chi connectivity index (χ4n) is 2.72. The summed E-state index contributed by atoms with van der Waals surface area (Å²) in [5, 5.41) is 0. The number of ether oxygens (including phenoxy) is 1. The summed E-state index contributed by atoms with van der Waals surface area (Å²) in [4.78, 5) is 18.5. The fraction of sp³-hybridized carbons (Fsp3) is 0.500. The van der Waals surface area contributed by atoms with Crippen LogP contribution in [0.3, 0.4) is 0 Å². The molecule has 0 aliphatic carbocycles. The maximum absolute atomic E-state index is 12.5. The summed E-state index contributed by atoms with van der Waals surface area (Å²) in [6.07, 6.45) is -12.4. The summed E-state index contributed by atoms with van der Waals surface area (Å²) in [6, 6.07) is 3.31. The maximum Gasteiger partial charge on any atom is 0.434 e. The molecule has 1 aromatic rings. The number of piperazine rings is 1. The molecule has 0 radical (unpaired) electrons. The number of pyridine rings is 1. The molecule has 5 nitrogen and oxygen atoms in total. The Labute approximate surface area is 151 Å². The maximum atomic E-state index is 12.5. The summed E-state index contributed by atoms with van der Waals surface area (Å²) in [7, 11) is 0. The lowest BCUT2D eigenvalue weighted by atomic mass is 10.1. The number of rotatable bonds is 4. The Bertz CT molecular complexity index is 628. The van der Waals surface area contributed by atoms with Gasteiger partial charge in [-0.3, -0.25) is 9.88 Å². The zero-order valence-electron chi connectivity index (χ0n) is 14.0. The predicted molar refractivity (Wildman–Crippen MR) is 82.7 cm³/mol. The van der Waals surface area contributed by atoms with Gasteiger partial charge in [-0.05, 0) is 11.6 Å². The van der Waals surface area contributed by atoms with Crippen LogP contribution in [0.1, 0.15) is 11.6 Å². The smallest absolute Gasteiger partial charge is 0.426 e. The van der Waals surface area contributed by atoms with Gasteiger partial charge < -0.3 is 9.64 Å². The molecule has 0 saturated carbocycles. The highest BCUT2D eigenvalue weighted by molar-refractivity contribution is 5.68. The first kappa shape index (κ1) is 21.0. The van der Waals surface area contributed by atoms with Crippen LogP contribution in [0.2, 0.25) is 0 Å². The van der Waals surface area contributed by atoms with Crippen molar-refractivity contribution in [3.63, 3.8) is 0 Å². The van der Waals surface area contributed by atoms with E-state index in [2.05, 4.69) is 16.3 Å². The monoisotopic (exact) mass is 397 g/mol. The van der Waals surface area contributed by atoms with Crippen LogP contribution in [-0.2, 0) is 4.74 Å². The Hall–Kier alpha value is -2.30. The first-order valence-electron chi connectivity index (χ1n) is 7.89. The molecule has 1 aliphatic rings. The largest absolute Gasteiger partial charge is 0.434 e. The first-order chi connectivity index (χ1) is 12.5. The molecule has 27 heavy (non-hydrogen) atoms. The van der Waals surface area contributed by atoms with E-state index >= 15 is 0 Å². The lowest BCUT2D eigenvalue weighted by Gasteiger charge is -2.38. The zero-order chi connectivity index (χ0) is 20.2. The van der Waals surface area contributed by atoms with Crippen molar-refractivity contribution in [2.45, 2.75) is 24.5 Å². The molecule has 0 spiro atoms. The molecule has 1 aromatic heterocycles. The molecule has 0 bridgehead atoms. The standard InChI is InChI=1S/C16H17F6N3O2/c1-2-12(11-4-3-5-23-10-11)24-6-8-25(9-7-24)14(26)27-13(15(17,18)19)16(20,21)22/h2-5,10,12-13H,1,6-9H2. The first-order valence-corrected chi connectivity index (χ1v) is 7.89. The van der Waals surface area contributed by atoms with E-state index in [0.717, 1.165) is 10.5 Å². The third-order valence-electron chi connectivity index (χ3n) is 4.03. The predicted octanol–water partition coefficient (Wildman–Crippen LogP) is 3.56. The Morgan fingerprint density at radius 3 is 2.19 bits per heavy atom. The van der Waals surface area contributed by atoms with E-state index in [-0.39, 0.29) is 32.2 Å². The highest BCUT2D eigenvalue weighted by Crippen LogP contribution is 2.36. The van der Waals surface area contributed by atoms with E-state index in [0.29, 0.717) is 0 Å². The van der Waals surface area contributed by atoms with Crippen molar-refractivity contribution in [3.8, 4) is 0 Å². The summed E-state index contributed by atoms with van der Waals surface area (Å²) in [5.41, 5.74) is 0.831. The second-order valence-corrected chi connectivity index (χ2v) is 5.84. The molecule has 2 heterocycles. The Kier molecular flexibility index (Phi) is 6.34. The molecule has 1 atom stereocenters. The molecule has 1 amide bonds. The van der Waals surface area contributed by atoms with E-state index in [1.165, 1.54) is 0 Å². The normalized spacial score (nSPS) is 17.7. The quantitative estimate of drug-likeness (QED) is 0.576. The molecule has 1 saturated heterocycles. The van der Waals surface area contributed by atoms with Crippen LogP contribution in [-0.4, -0.2) is 65.5 Å². The van der Waals surface area contributed by atoms with Crippen molar-refractivity contribution in [1.82, 2.24) is 14.8 Å². The number of alkyl halides is 6. The van der Waals surface area contributed by atoms with Crippen molar-refractivity contribution < 1.29 is 35.9 Å². The SMILES string of the molecule is C=CC(c1cccnc1)N1CCN(C(=O)OC(C(F)(F)F)C(F)(F)F)CC1. The van der Waals surface area contributed by atoms with Gasteiger partial charge in [-0.25, -0.2) is 4.79 Å². The summed E-state index contributed by atoms with van der Waals surface area (Å²) >= 11 is 0. The van der Waals surface area contributed by atoms with Gasteiger partial charge in [0.25, 0.3) is 6.10 Å². The number of nitrogens with zero attached hydrogens (tertiary/aromatic N) is 3. The van der Waals surface area contributed by atoms with Gasteiger partial charge in [0.05, 0.1) is 6.04 Å². The second kappa shape index (κ2) is 8.15. The molecule has 150 valence electrons. The van der Waals surface area contributed by atoms with Gasteiger partial charge in [-0.1, -0.05) is 12.1 Å². The van der Waals surface area contributed by atoms with Gasteiger partial charge >= 0.3 is 18.4 Å². The number of hydrogen-bond donors (Lipinski definition) is 0. The molecule has 1 aliphatic heterocycles. The van der Waals surface area contributed by atoms with Gasteiger partial charge in [0.1, 0.15) is 0 Å². The van der Waals surface area contributed by atoms with Gasteiger partial charge in [0.15, 0.2) is 0 Å². The Balaban J connectivity index is 1.98. The lowest BCUT2D eigenvalue weighted by molar-refractivity contribution is -0.308. The van der Waals surface area contributed by atoms with Crippen LogP contribution in [0.4, 0.5) is 31.1 Å². The second-order valence-electron chi connectivity index (χ2n) is 5.84. The number of halogens is 6. The van der Waals surface area contributed by atoms with Crippen LogP contribution >= 0.6 is 0 Å². The third kappa shape index (κ3) is 5.34. The highest BCUT2D eigenvalue weighted by atomic mass is 19.4. The minimum atomic E-state index is -5.73. The number of carbonyl (C=O) groups is 1. The van der Waals surface area contributed by atoms with Crippen molar-refractivity contribution in [1.29, 1.82) is 0 Å². The van der Waals surface area contributed by atoms with Crippen molar-refractivity contribution in [2.75, 3.05) is 26.2 Å².